The van der Waals surface area contributed by atoms with Crippen molar-refractivity contribution in [2.24, 2.45) is 0 Å². The number of aromatic nitrogens is 1. The number of carbonyl (C=O) groups is 2. The van der Waals surface area contributed by atoms with Crippen LogP contribution in [0.15, 0.2) is 47.2 Å². The summed E-state index contributed by atoms with van der Waals surface area (Å²) in [6, 6.07) is 8.67. The van der Waals surface area contributed by atoms with E-state index in [-0.39, 0.29) is 5.69 Å². The molecule has 92 valence electrons. The Morgan fingerprint density at radius 1 is 1.22 bits per heavy atom. The van der Waals surface area contributed by atoms with Gasteiger partial charge in [0.25, 0.3) is 5.91 Å². The van der Waals surface area contributed by atoms with E-state index in [2.05, 4.69) is 15.0 Å². The molecule has 6 heteroatoms. The van der Waals surface area contributed by atoms with E-state index in [1.165, 1.54) is 12.3 Å². The van der Waals surface area contributed by atoms with Gasteiger partial charge in [0.1, 0.15) is 6.26 Å². The molecule has 6 nitrogen and oxygen atoms in total. The summed E-state index contributed by atoms with van der Waals surface area (Å²) in [5.41, 5.74) is 0.527. The number of hydrogen-bond acceptors (Lipinski definition) is 4. The Morgan fingerprint density at radius 3 is 2.50 bits per heavy atom. The van der Waals surface area contributed by atoms with Crippen LogP contribution >= 0.6 is 0 Å². The Morgan fingerprint density at radius 2 is 1.94 bits per heavy atom. The van der Waals surface area contributed by atoms with Gasteiger partial charge in [0.05, 0.1) is 0 Å². The number of nitrogens with one attached hydrogen (secondary N) is 1. The van der Waals surface area contributed by atoms with E-state index in [0.717, 1.165) is 0 Å². The summed E-state index contributed by atoms with van der Waals surface area (Å²) in [7, 11) is 0. The van der Waals surface area contributed by atoms with Crippen LogP contribution in [0.1, 0.15) is 22.1 Å². The molecule has 0 saturated carbocycles. The molecule has 1 atom stereocenters. The topological polar surface area (TPSA) is 92.4 Å². The minimum Gasteiger partial charge on any atom is -0.479 e. The second-order valence-electron chi connectivity index (χ2n) is 3.54. The predicted molar refractivity (Wildman–Crippen MR) is 60.8 cm³/mol. The Hall–Kier alpha value is -2.63. The molecule has 1 aromatic carbocycles. The molecule has 0 bridgehead atoms. The molecule has 0 unspecified atom stereocenters. The van der Waals surface area contributed by atoms with Crippen LogP contribution < -0.4 is 5.32 Å². The Bertz CT molecular complexity index is 536. The number of carboxylic acids is 1. The highest BCUT2D eigenvalue weighted by Gasteiger charge is 2.23. The van der Waals surface area contributed by atoms with Crippen LogP contribution in [0.3, 0.4) is 0 Å². The number of rotatable bonds is 4. The summed E-state index contributed by atoms with van der Waals surface area (Å²) >= 11 is 0. The van der Waals surface area contributed by atoms with Gasteiger partial charge >= 0.3 is 5.97 Å². The first-order valence-corrected chi connectivity index (χ1v) is 5.17. The van der Waals surface area contributed by atoms with Crippen LogP contribution in [-0.4, -0.2) is 22.1 Å². The van der Waals surface area contributed by atoms with Gasteiger partial charge in [-0.3, -0.25) is 4.79 Å². The van der Waals surface area contributed by atoms with E-state index in [9.17, 15) is 9.59 Å². The van der Waals surface area contributed by atoms with Crippen molar-refractivity contribution < 1.29 is 19.2 Å². The Balaban J connectivity index is 2.18. The van der Waals surface area contributed by atoms with Crippen LogP contribution in [0.5, 0.6) is 0 Å². The van der Waals surface area contributed by atoms with Crippen LogP contribution in [0, 0.1) is 0 Å². The largest absolute Gasteiger partial charge is 0.479 e. The average Bonchev–Trinajstić information content (AvgIpc) is 2.90. The second-order valence-corrected chi connectivity index (χ2v) is 3.54. The summed E-state index contributed by atoms with van der Waals surface area (Å²) in [6.07, 6.45) is 1.24. The number of carbonyl (C=O) groups excluding carboxylic acids is 1. The molecule has 0 radical (unpaired) electrons. The third-order valence-corrected chi connectivity index (χ3v) is 2.33. The van der Waals surface area contributed by atoms with Crippen LogP contribution in [0.25, 0.3) is 0 Å². The molecule has 2 aromatic rings. The average molecular weight is 246 g/mol. The van der Waals surface area contributed by atoms with Crippen molar-refractivity contribution in [1.29, 1.82) is 0 Å². The van der Waals surface area contributed by atoms with Crippen molar-refractivity contribution in [2.45, 2.75) is 6.04 Å². The number of amides is 1. The zero-order chi connectivity index (χ0) is 13.0. The maximum absolute atomic E-state index is 11.7. The van der Waals surface area contributed by atoms with Crippen molar-refractivity contribution >= 4 is 11.9 Å². The number of benzene rings is 1. The first-order valence-electron chi connectivity index (χ1n) is 5.17. The lowest BCUT2D eigenvalue weighted by atomic mass is 10.1. The SMILES string of the molecule is O=C(N[C@@H](C(=O)O)c1ccccc1)c1ccon1. The molecule has 1 heterocycles. The molecule has 0 aliphatic heterocycles. The molecule has 1 aromatic heterocycles. The lowest BCUT2D eigenvalue weighted by molar-refractivity contribution is -0.139. The van der Waals surface area contributed by atoms with E-state index in [1.807, 2.05) is 0 Å². The molecule has 1 amide bonds. The van der Waals surface area contributed by atoms with Crippen LogP contribution in [0.4, 0.5) is 0 Å². The van der Waals surface area contributed by atoms with E-state index < -0.39 is 17.9 Å². The number of carboxylic acid groups (broad SMARTS) is 1. The van der Waals surface area contributed by atoms with Gasteiger partial charge in [-0.05, 0) is 5.56 Å². The molecule has 2 N–H and O–H groups in total. The molecular weight excluding hydrogens is 236 g/mol. The summed E-state index contributed by atoms with van der Waals surface area (Å²) < 4.78 is 4.53. The molecule has 0 spiro atoms. The highest BCUT2D eigenvalue weighted by atomic mass is 16.5. The lowest BCUT2D eigenvalue weighted by Gasteiger charge is -2.13. The van der Waals surface area contributed by atoms with Crippen molar-refractivity contribution in [2.75, 3.05) is 0 Å². The van der Waals surface area contributed by atoms with Gasteiger partial charge in [-0.25, -0.2) is 4.79 Å². The molecule has 2 rings (SSSR count). The standard InChI is InChI=1S/C12H10N2O4/c15-11(9-6-7-18-14-9)13-10(12(16)17)8-4-2-1-3-5-8/h1-7,10H,(H,13,15)(H,16,17)/t10-/m1/s1. The Labute approximate surface area is 102 Å². The van der Waals surface area contributed by atoms with Crippen molar-refractivity contribution in [3.05, 3.63) is 53.9 Å². The van der Waals surface area contributed by atoms with Gasteiger partial charge in [-0.2, -0.15) is 0 Å². The normalized spacial score (nSPS) is 11.8. The monoisotopic (exact) mass is 246 g/mol. The van der Waals surface area contributed by atoms with Crippen molar-refractivity contribution in [3.63, 3.8) is 0 Å². The number of hydrogen-bond donors (Lipinski definition) is 2. The molecule has 0 aliphatic rings. The smallest absolute Gasteiger partial charge is 0.330 e. The number of aliphatic carboxylic acids is 1. The minimum atomic E-state index is -1.14. The predicted octanol–water partition coefficient (Wildman–Crippen LogP) is 1.23. The van der Waals surface area contributed by atoms with Crippen LogP contribution in [0.2, 0.25) is 0 Å². The fourth-order valence-electron chi connectivity index (χ4n) is 1.47. The summed E-state index contributed by atoms with van der Waals surface area (Å²) in [6.45, 7) is 0. The van der Waals surface area contributed by atoms with Gasteiger partial charge in [0.15, 0.2) is 11.7 Å². The van der Waals surface area contributed by atoms with Gasteiger partial charge in [0.2, 0.25) is 0 Å². The van der Waals surface area contributed by atoms with Crippen LogP contribution in [-0.2, 0) is 4.79 Å². The van der Waals surface area contributed by atoms with Gasteiger partial charge < -0.3 is 14.9 Å². The highest BCUT2D eigenvalue weighted by molar-refractivity contribution is 5.95. The Kier molecular flexibility index (Phi) is 3.38. The maximum Gasteiger partial charge on any atom is 0.330 e. The fourth-order valence-corrected chi connectivity index (χ4v) is 1.47. The van der Waals surface area contributed by atoms with E-state index in [0.29, 0.717) is 5.56 Å². The summed E-state index contributed by atoms with van der Waals surface area (Å²) in [5, 5.41) is 14.9. The zero-order valence-corrected chi connectivity index (χ0v) is 9.24. The molecule has 0 fully saturated rings. The van der Waals surface area contributed by atoms with Gasteiger partial charge in [-0.15, -0.1) is 0 Å². The first kappa shape index (κ1) is 11.8. The second kappa shape index (κ2) is 5.13. The third-order valence-electron chi connectivity index (χ3n) is 2.33. The summed E-state index contributed by atoms with van der Waals surface area (Å²) in [5.74, 6) is -1.74. The molecular formula is C12H10N2O4. The van der Waals surface area contributed by atoms with Crippen molar-refractivity contribution in [1.82, 2.24) is 10.5 Å². The maximum atomic E-state index is 11.7. The molecule has 18 heavy (non-hydrogen) atoms. The van der Waals surface area contributed by atoms with E-state index >= 15 is 0 Å². The van der Waals surface area contributed by atoms with Crippen molar-refractivity contribution in [3.8, 4) is 0 Å². The molecule has 0 aliphatic carbocycles. The van der Waals surface area contributed by atoms with E-state index in [1.54, 1.807) is 30.3 Å². The van der Waals surface area contributed by atoms with Gasteiger partial charge in [-0.1, -0.05) is 35.5 Å². The lowest BCUT2D eigenvalue weighted by Crippen LogP contribution is -2.33. The third kappa shape index (κ3) is 2.54. The van der Waals surface area contributed by atoms with E-state index in [4.69, 9.17) is 5.11 Å². The zero-order valence-electron chi connectivity index (χ0n) is 9.24. The fraction of sp³-hybridized carbons (Fsp3) is 0.0833. The first-order chi connectivity index (χ1) is 8.68. The highest BCUT2D eigenvalue weighted by Crippen LogP contribution is 2.13. The summed E-state index contributed by atoms with van der Waals surface area (Å²) in [4.78, 5) is 22.8. The van der Waals surface area contributed by atoms with Gasteiger partial charge in [0, 0.05) is 6.07 Å². The minimum absolute atomic E-state index is 0.0391. The quantitative estimate of drug-likeness (QED) is 0.846. The molecule has 0 saturated heterocycles. The number of nitrogens with zero attached hydrogens (tertiary/aromatic N) is 1.